The largest absolute Gasteiger partial charge is 0.465 e. The highest BCUT2D eigenvalue weighted by Gasteiger charge is 2.15. The Morgan fingerprint density at radius 2 is 2.15 bits per heavy atom. The molecule has 0 spiro atoms. The number of rotatable bonds is 7. The van der Waals surface area contributed by atoms with Crippen LogP contribution < -0.4 is 11.1 Å². The summed E-state index contributed by atoms with van der Waals surface area (Å²) in [4.78, 5) is 18.1. The number of nitrogens with two attached hydrogens (primary N) is 1. The summed E-state index contributed by atoms with van der Waals surface area (Å²) in [5, 5.41) is 3.24. The van der Waals surface area contributed by atoms with Gasteiger partial charge in [-0.2, -0.15) is 0 Å². The molecule has 0 saturated carbocycles. The van der Waals surface area contributed by atoms with Crippen LogP contribution in [0, 0.1) is 0 Å². The minimum Gasteiger partial charge on any atom is -0.465 e. The molecular formula is C14H24N4O2. The van der Waals surface area contributed by atoms with Crippen LogP contribution in [0.25, 0.3) is 0 Å². The third kappa shape index (κ3) is 4.09. The van der Waals surface area contributed by atoms with Gasteiger partial charge in [-0.3, -0.25) is 0 Å². The third-order valence-corrected chi connectivity index (χ3v) is 3.21. The number of nitrogens with one attached hydrogen (secondary N) is 1. The maximum atomic E-state index is 11.6. The van der Waals surface area contributed by atoms with Gasteiger partial charge in [0, 0.05) is 18.8 Å². The lowest BCUT2D eigenvalue weighted by Crippen LogP contribution is -2.35. The first-order chi connectivity index (χ1) is 9.53. The van der Waals surface area contributed by atoms with Crippen LogP contribution in [0.5, 0.6) is 0 Å². The fourth-order valence-corrected chi connectivity index (χ4v) is 2.02. The molecular weight excluding hydrogens is 256 g/mol. The molecule has 0 amide bonds. The molecule has 112 valence electrons. The zero-order valence-electron chi connectivity index (χ0n) is 12.6. The molecule has 1 aromatic rings. The molecule has 1 rings (SSSR count). The second-order valence-corrected chi connectivity index (χ2v) is 4.64. The van der Waals surface area contributed by atoms with Crippen molar-refractivity contribution in [1.82, 2.24) is 9.88 Å². The molecule has 0 aliphatic heterocycles. The lowest BCUT2D eigenvalue weighted by atomic mass is 10.2. The van der Waals surface area contributed by atoms with Gasteiger partial charge in [0.15, 0.2) is 0 Å². The highest BCUT2D eigenvalue weighted by Crippen LogP contribution is 2.21. The van der Waals surface area contributed by atoms with E-state index in [1.807, 2.05) is 0 Å². The summed E-state index contributed by atoms with van der Waals surface area (Å²) < 4.78 is 4.69. The number of carbonyl (C=O) groups is 1. The van der Waals surface area contributed by atoms with E-state index in [9.17, 15) is 4.79 Å². The molecule has 0 fully saturated rings. The average Bonchev–Trinajstić information content (AvgIpc) is 2.46. The van der Waals surface area contributed by atoms with E-state index < -0.39 is 5.97 Å². The van der Waals surface area contributed by atoms with E-state index in [2.05, 4.69) is 36.0 Å². The molecule has 0 aromatic carbocycles. The van der Waals surface area contributed by atoms with Crippen LogP contribution in [0.2, 0.25) is 0 Å². The lowest BCUT2D eigenvalue weighted by molar-refractivity contribution is 0.0602. The number of nitrogen functional groups attached to an aromatic ring is 1. The normalized spacial score (nSPS) is 12.2. The molecule has 0 saturated heterocycles. The van der Waals surface area contributed by atoms with Crippen molar-refractivity contribution in [3.8, 4) is 0 Å². The van der Waals surface area contributed by atoms with Crippen molar-refractivity contribution >= 4 is 17.5 Å². The Morgan fingerprint density at radius 3 is 2.70 bits per heavy atom. The molecule has 0 bridgehead atoms. The number of methoxy groups -OCH3 is 1. The van der Waals surface area contributed by atoms with Crippen LogP contribution in [0.1, 0.15) is 31.1 Å². The van der Waals surface area contributed by atoms with Crippen molar-refractivity contribution in [2.24, 2.45) is 0 Å². The second-order valence-electron chi connectivity index (χ2n) is 4.64. The average molecular weight is 280 g/mol. The van der Waals surface area contributed by atoms with E-state index in [1.54, 1.807) is 12.3 Å². The van der Waals surface area contributed by atoms with Gasteiger partial charge in [-0.15, -0.1) is 0 Å². The number of hydrogen-bond acceptors (Lipinski definition) is 6. The van der Waals surface area contributed by atoms with Crippen molar-refractivity contribution in [2.75, 3.05) is 37.8 Å². The Kier molecular flexibility index (Phi) is 6.24. The maximum Gasteiger partial charge on any atom is 0.340 e. The van der Waals surface area contributed by atoms with Gasteiger partial charge in [0.25, 0.3) is 0 Å². The van der Waals surface area contributed by atoms with Crippen molar-refractivity contribution in [1.29, 1.82) is 0 Å². The molecule has 0 aliphatic carbocycles. The zero-order chi connectivity index (χ0) is 15.1. The first-order valence-electron chi connectivity index (χ1n) is 6.85. The molecule has 0 aliphatic rings. The number of esters is 1. The van der Waals surface area contributed by atoms with Crippen LogP contribution in [-0.2, 0) is 4.74 Å². The van der Waals surface area contributed by atoms with E-state index in [0.717, 1.165) is 19.6 Å². The topological polar surface area (TPSA) is 80.5 Å². The third-order valence-electron chi connectivity index (χ3n) is 3.21. The molecule has 1 unspecified atom stereocenters. The minimum absolute atomic E-state index is 0.178. The number of anilines is 2. The summed E-state index contributed by atoms with van der Waals surface area (Å²) in [6, 6.07) is 1.74. The van der Waals surface area contributed by atoms with Gasteiger partial charge in [0.2, 0.25) is 0 Å². The second kappa shape index (κ2) is 7.69. The molecule has 1 aromatic heterocycles. The summed E-state index contributed by atoms with van der Waals surface area (Å²) >= 11 is 0. The first-order valence-corrected chi connectivity index (χ1v) is 6.85. The zero-order valence-corrected chi connectivity index (χ0v) is 12.6. The van der Waals surface area contributed by atoms with Gasteiger partial charge in [0.05, 0.1) is 18.4 Å². The van der Waals surface area contributed by atoms with Crippen LogP contribution in [0.4, 0.5) is 11.5 Å². The molecule has 6 heteroatoms. The number of hydrogen-bond donors (Lipinski definition) is 2. The fourth-order valence-electron chi connectivity index (χ4n) is 2.02. The van der Waals surface area contributed by atoms with E-state index in [1.165, 1.54) is 7.11 Å². The molecule has 6 nitrogen and oxygen atoms in total. The van der Waals surface area contributed by atoms with Crippen molar-refractivity contribution < 1.29 is 9.53 Å². The maximum absolute atomic E-state index is 11.6. The number of aromatic nitrogens is 1. The Balaban J connectivity index is 2.80. The lowest BCUT2D eigenvalue weighted by Gasteiger charge is -2.24. The fraction of sp³-hybridized carbons (Fsp3) is 0.571. The van der Waals surface area contributed by atoms with Crippen LogP contribution in [0.15, 0.2) is 12.3 Å². The van der Waals surface area contributed by atoms with E-state index in [0.29, 0.717) is 17.1 Å². The first kappa shape index (κ1) is 16.2. The molecule has 20 heavy (non-hydrogen) atoms. The summed E-state index contributed by atoms with van der Waals surface area (Å²) in [5.74, 6) is 0.0666. The smallest absolute Gasteiger partial charge is 0.340 e. The predicted octanol–water partition coefficient (Wildman–Crippen LogP) is 1.59. The number of pyridine rings is 1. The molecule has 1 heterocycles. The van der Waals surface area contributed by atoms with Crippen LogP contribution in [0.3, 0.4) is 0 Å². The van der Waals surface area contributed by atoms with E-state index in [4.69, 9.17) is 10.5 Å². The number of likely N-dealkylation sites (N-methyl/N-ethyl adjacent to an activating group) is 1. The SMILES string of the molecule is CCN(CC)CC(C)Nc1nccc(C(=O)OC)c1N. The minimum atomic E-state index is -0.454. The summed E-state index contributed by atoms with van der Waals surface area (Å²) in [7, 11) is 1.33. The number of nitrogens with zero attached hydrogens (tertiary/aromatic N) is 2. The van der Waals surface area contributed by atoms with Crippen LogP contribution >= 0.6 is 0 Å². The standard InChI is InChI=1S/C14H24N4O2/c1-5-18(6-2)9-10(3)17-13-12(15)11(7-8-16-13)14(19)20-4/h7-8,10H,5-6,9,15H2,1-4H3,(H,16,17). The van der Waals surface area contributed by atoms with Gasteiger partial charge in [-0.25, -0.2) is 9.78 Å². The van der Waals surface area contributed by atoms with Gasteiger partial charge in [0.1, 0.15) is 5.82 Å². The summed E-state index contributed by atoms with van der Waals surface area (Å²) in [6.07, 6.45) is 1.55. The summed E-state index contributed by atoms with van der Waals surface area (Å²) in [5.41, 5.74) is 6.62. The van der Waals surface area contributed by atoms with Crippen molar-refractivity contribution in [3.05, 3.63) is 17.8 Å². The monoisotopic (exact) mass is 280 g/mol. The van der Waals surface area contributed by atoms with Gasteiger partial charge < -0.3 is 20.7 Å². The predicted molar refractivity (Wildman–Crippen MR) is 80.9 cm³/mol. The summed E-state index contributed by atoms with van der Waals surface area (Å²) in [6.45, 7) is 9.18. The highest BCUT2D eigenvalue weighted by molar-refractivity contribution is 5.97. The Bertz CT molecular complexity index is 447. The Labute approximate surface area is 120 Å². The molecule has 0 radical (unpaired) electrons. The number of carbonyl (C=O) groups excluding carboxylic acids is 1. The highest BCUT2D eigenvalue weighted by atomic mass is 16.5. The van der Waals surface area contributed by atoms with E-state index >= 15 is 0 Å². The Hall–Kier alpha value is -1.82. The Morgan fingerprint density at radius 1 is 1.50 bits per heavy atom. The van der Waals surface area contributed by atoms with Gasteiger partial charge in [-0.1, -0.05) is 13.8 Å². The van der Waals surface area contributed by atoms with Gasteiger partial charge >= 0.3 is 5.97 Å². The quantitative estimate of drug-likeness (QED) is 0.738. The number of ether oxygens (including phenoxy) is 1. The van der Waals surface area contributed by atoms with Crippen LogP contribution in [-0.4, -0.2) is 48.6 Å². The van der Waals surface area contributed by atoms with Crippen molar-refractivity contribution in [3.63, 3.8) is 0 Å². The van der Waals surface area contributed by atoms with E-state index in [-0.39, 0.29) is 6.04 Å². The molecule has 1 atom stereocenters. The van der Waals surface area contributed by atoms with Crippen molar-refractivity contribution in [2.45, 2.75) is 26.8 Å². The molecule has 3 N–H and O–H groups in total. The van der Waals surface area contributed by atoms with Gasteiger partial charge in [-0.05, 0) is 26.1 Å².